The van der Waals surface area contributed by atoms with Gasteiger partial charge in [0.25, 0.3) is 0 Å². The Balaban J connectivity index is -0.000000229. The average molecular weight is 605 g/mol. The quantitative estimate of drug-likeness (QED) is 0.329. The highest BCUT2D eigenvalue weighted by molar-refractivity contribution is 4.86. The van der Waals surface area contributed by atoms with Crippen molar-refractivity contribution in [1.29, 1.82) is 0 Å². The van der Waals surface area contributed by atoms with Crippen LogP contribution < -0.4 is 0 Å². The van der Waals surface area contributed by atoms with Gasteiger partial charge in [0.1, 0.15) is 0 Å². The Hall–Kier alpha value is -0.160. The lowest BCUT2D eigenvalue weighted by atomic mass is 9.74. The highest BCUT2D eigenvalue weighted by atomic mass is 16.5. The van der Waals surface area contributed by atoms with Crippen molar-refractivity contribution in [3.05, 3.63) is 0 Å². The lowest BCUT2D eigenvalue weighted by Crippen LogP contribution is -2.39. The number of aliphatic hydroxyl groups is 2. The predicted molar refractivity (Wildman–Crippen MR) is 189 cm³/mol. The van der Waals surface area contributed by atoms with Crippen LogP contribution in [0, 0.1) is 43.3 Å². The van der Waals surface area contributed by atoms with E-state index < -0.39 is 0 Å². The monoisotopic (exact) mass is 605 g/mol. The van der Waals surface area contributed by atoms with Crippen LogP contribution in [0.1, 0.15) is 166 Å². The molecule has 4 heteroatoms. The van der Waals surface area contributed by atoms with E-state index in [0.717, 1.165) is 0 Å². The fourth-order valence-corrected chi connectivity index (χ4v) is 6.61. The average Bonchev–Trinajstić information content (AvgIpc) is 2.61. The lowest BCUT2D eigenvalue weighted by Gasteiger charge is -2.39. The number of hydrogen-bond donors (Lipinski definition) is 2. The van der Waals surface area contributed by atoms with Crippen molar-refractivity contribution in [1.82, 2.24) is 0 Å². The molecule has 260 valence electrons. The molecular weight excluding hydrogens is 520 g/mol. The molecular formula is C38H84O4. The fourth-order valence-electron chi connectivity index (χ4n) is 6.61. The molecule has 0 bridgehead atoms. The van der Waals surface area contributed by atoms with E-state index in [9.17, 15) is 10.2 Å². The summed E-state index contributed by atoms with van der Waals surface area (Å²) in [5, 5.41) is 19.4. The molecule has 0 amide bonds. The van der Waals surface area contributed by atoms with E-state index in [0.29, 0.717) is 12.2 Å². The summed E-state index contributed by atoms with van der Waals surface area (Å²) in [6, 6.07) is 0. The summed E-state index contributed by atoms with van der Waals surface area (Å²) in [7, 11) is 3.59. The first-order valence-corrected chi connectivity index (χ1v) is 16.1. The Bertz CT molecular complexity index is 563. The van der Waals surface area contributed by atoms with Crippen molar-refractivity contribution >= 4 is 0 Å². The summed E-state index contributed by atoms with van der Waals surface area (Å²) in [4.78, 5) is 0. The third-order valence-electron chi connectivity index (χ3n) is 6.90. The zero-order chi connectivity index (χ0) is 35.7. The van der Waals surface area contributed by atoms with Crippen LogP contribution >= 0.6 is 0 Å². The van der Waals surface area contributed by atoms with Crippen molar-refractivity contribution in [2.45, 2.75) is 191 Å². The number of hydrogen-bond acceptors (Lipinski definition) is 4. The zero-order valence-corrected chi connectivity index (χ0v) is 34.0. The molecule has 0 aliphatic carbocycles. The minimum absolute atomic E-state index is 0.00174. The van der Waals surface area contributed by atoms with Crippen LogP contribution in [0.5, 0.6) is 0 Å². The third-order valence-corrected chi connectivity index (χ3v) is 6.90. The van der Waals surface area contributed by atoms with Crippen LogP contribution in [0.3, 0.4) is 0 Å². The molecule has 0 saturated carbocycles. The van der Waals surface area contributed by atoms with Gasteiger partial charge >= 0.3 is 0 Å². The van der Waals surface area contributed by atoms with E-state index >= 15 is 0 Å². The van der Waals surface area contributed by atoms with Crippen molar-refractivity contribution in [2.75, 3.05) is 14.2 Å². The molecule has 0 rings (SSSR count). The number of ether oxygens (including phenoxy) is 2. The molecule has 0 spiro atoms. The second-order valence-electron chi connectivity index (χ2n) is 21.0. The third kappa shape index (κ3) is 22.4. The smallest absolute Gasteiger partial charge is 0.0667 e. The zero-order valence-electron chi connectivity index (χ0n) is 34.0. The Morgan fingerprint density at radius 2 is 0.405 bits per heavy atom. The van der Waals surface area contributed by atoms with Gasteiger partial charge in [-0.15, -0.1) is 0 Å². The van der Waals surface area contributed by atoms with E-state index in [-0.39, 0.29) is 55.5 Å². The van der Waals surface area contributed by atoms with Crippen LogP contribution in [-0.2, 0) is 9.47 Å². The van der Waals surface area contributed by atoms with Crippen LogP contribution in [0.4, 0.5) is 0 Å². The van der Waals surface area contributed by atoms with Crippen LogP contribution in [0.25, 0.3) is 0 Å². The van der Waals surface area contributed by atoms with Crippen LogP contribution in [-0.4, -0.2) is 48.8 Å². The van der Waals surface area contributed by atoms with Gasteiger partial charge in [-0.2, -0.15) is 0 Å². The van der Waals surface area contributed by atoms with Gasteiger partial charge in [0.05, 0.1) is 24.4 Å². The van der Waals surface area contributed by atoms with E-state index in [1.54, 1.807) is 14.2 Å². The predicted octanol–water partition coefficient (Wildman–Crippen LogP) is 11.1. The summed E-state index contributed by atoms with van der Waals surface area (Å²) in [6.07, 6.45) is 0.157. The molecule has 0 aliphatic rings. The van der Waals surface area contributed by atoms with Gasteiger partial charge in [-0.1, -0.05) is 166 Å². The summed E-state index contributed by atoms with van der Waals surface area (Å²) in [5.41, 5.74) is 0.910. The maximum Gasteiger partial charge on any atom is 0.0667 e. The summed E-state index contributed by atoms with van der Waals surface area (Å²) in [5.74, 6) is 0. The Morgan fingerprint density at radius 3 is 0.405 bits per heavy atom. The molecule has 0 atom stereocenters. The molecule has 0 unspecified atom stereocenters. The summed E-state index contributed by atoms with van der Waals surface area (Å²) < 4.78 is 11.0. The molecule has 0 aliphatic heterocycles. The van der Waals surface area contributed by atoms with Crippen LogP contribution in [0.15, 0.2) is 0 Å². The lowest BCUT2D eigenvalue weighted by molar-refractivity contribution is -0.0562. The van der Waals surface area contributed by atoms with Crippen molar-refractivity contribution < 1.29 is 19.7 Å². The van der Waals surface area contributed by atoms with Crippen molar-refractivity contribution in [3.8, 4) is 0 Å². The van der Waals surface area contributed by atoms with Gasteiger partial charge in [0.15, 0.2) is 0 Å². The standard InChI is InChI=1S/2C10H22O.2C9H20O/c2*1-9(2,3)8(11-7)10(4,5)6;2*1-8(2,3)7(10)9(4,5)6/h2*8H,1-7H3;2*7,10H,1-6H3. The fraction of sp³-hybridized carbons (Fsp3) is 1.00. The minimum Gasteiger partial charge on any atom is -0.392 e. The van der Waals surface area contributed by atoms with Gasteiger partial charge in [0.2, 0.25) is 0 Å². The molecule has 4 nitrogen and oxygen atoms in total. The van der Waals surface area contributed by atoms with Gasteiger partial charge in [-0.05, 0) is 43.3 Å². The van der Waals surface area contributed by atoms with Crippen molar-refractivity contribution in [3.63, 3.8) is 0 Å². The van der Waals surface area contributed by atoms with Gasteiger partial charge in [0, 0.05) is 14.2 Å². The maximum absolute atomic E-state index is 9.72. The summed E-state index contributed by atoms with van der Waals surface area (Å²) >= 11 is 0. The largest absolute Gasteiger partial charge is 0.392 e. The molecule has 0 saturated heterocycles. The Kier molecular flexibility index (Phi) is 19.7. The van der Waals surface area contributed by atoms with Gasteiger partial charge < -0.3 is 19.7 Å². The highest BCUT2D eigenvalue weighted by Gasteiger charge is 2.36. The molecule has 0 aromatic rings. The number of aliphatic hydroxyl groups excluding tert-OH is 2. The SMILES string of the molecule is CC(C)(C)C(O)C(C)(C)C.CC(C)(C)C(O)C(C)(C)C.COC(C(C)(C)C)C(C)(C)C.COC(C(C)(C)C)C(C)(C)C. The molecule has 0 fully saturated rings. The molecule has 2 N–H and O–H groups in total. The minimum atomic E-state index is -0.236. The van der Waals surface area contributed by atoms with Crippen molar-refractivity contribution in [2.24, 2.45) is 43.3 Å². The first-order valence-electron chi connectivity index (χ1n) is 16.1. The Morgan fingerprint density at radius 1 is 0.286 bits per heavy atom. The highest BCUT2D eigenvalue weighted by Crippen LogP contribution is 2.37. The molecule has 0 heterocycles. The molecule has 0 radical (unpaired) electrons. The van der Waals surface area contributed by atoms with E-state index in [4.69, 9.17) is 9.47 Å². The topological polar surface area (TPSA) is 58.9 Å². The Labute approximate surface area is 267 Å². The number of rotatable bonds is 2. The maximum atomic E-state index is 9.72. The molecule has 42 heavy (non-hydrogen) atoms. The van der Waals surface area contributed by atoms with E-state index in [1.165, 1.54) is 0 Å². The van der Waals surface area contributed by atoms with E-state index in [1.807, 2.05) is 0 Å². The first-order chi connectivity index (χ1) is 17.7. The van der Waals surface area contributed by atoms with Gasteiger partial charge in [-0.25, -0.2) is 0 Å². The van der Waals surface area contributed by atoms with Crippen LogP contribution in [0.2, 0.25) is 0 Å². The first kappa shape index (κ1) is 48.7. The second-order valence-corrected chi connectivity index (χ2v) is 21.0. The molecule has 0 aromatic heterocycles. The summed E-state index contributed by atoms with van der Waals surface area (Å²) in [6.45, 7) is 51.3. The van der Waals surface area contributed by atoms with E-state index in [2.05, 4.69) is 166 Å². The molecule has 0 aromatic carbocycles. The number of methoxy groups -OCH3 is 2. The second kappa shape index (κ2) is 17.0. The normalized spacial score (nSPS) is 14.3. The van der Waals surface area contributed by atoms with Gasteiger partial charge in [-0.3, -0.25) is 0 Å².